The van der Waals surface area contributed by atoms with Crippen LogP contribution in [0.25, 0.3) is 0 Å². The fourth-order valence-electron chi connectivity index (χ4n) is 4.04. The van der Waals surface area contributed by atoms with Gasteiger partial charge in [-0.15, -0.1) is 0 Å². The number of piperidine rings is 1. The standard InChI is InChI=1S/C19H18ClNO2/c20-16-8-7-13(11-18(16)22)19(23)21-9-3-6-15-14-5-2-1-4-12(14)10-17(15)21/h1-2,4-5,7-8,11,15,17,22H,3,6,9-10H2/t15-,17+/m0/s1. The Kier molecular flexibility index (Phi) is 3.53. The predicted octanol–water partition coefficient (Wildman–Crippen LogP) is 3.99. The van der Waals surface area contributed by atoms with E-state index in [4.69, 9.17) is 11.6 Å². The summed E-state index contributed by atoms with van der Waals surface area (Å²) >= 11 is 5.85. The Morgan fingerprint density at radius 3 is 2.87 bits per heavy atom. The van der Waals surface area contributed by atoms with E-state index >= 15 is 0 Å². The minimum Gasteiger partial charge on any atom is -0.506 e. The van der Waals surface area contributed by atoms with Crippen LogP contribution in [0, 0.1) is 0 Å². The smallest absolute Gasteiger partial charge is 0.254 e. The van der Waals surface area contributed by atoms with Gasteiger partial charge in [-0.25, -0.2) is 0 Å². The van der Waals surface area contributed by atoms with Crippen LogP contribution in [-0.2, 0) is 6.42 Å². The van der Waals surface area contributed by atoms with Gasteiger partial charge in [0.2, 0.25) is 0 Å². The van der Waals surface area contributed by atoms with Crippen LogP contribution >= 0.6 is 11.6 Å². The molecule has 0 unspecified atom stereocenters. The van der Waals surface area contributed by atoms with Crippen LogP contribution in [0.1, 0.15) is 40.2 Å². The lowest BCUT2D eigenvalue weighted by Crippen LogP contribution is -2.46. The maximum absolute atomic E-state index is 12.9. The number of nitrogens with zero attached hydrogens (tertiary/aromatic N) is 1. The molecule has 2 aliphatic rings. The van der Waals surface area contributed by atoms with Gasteiger partial charge in [0.25, 0.3) is 5.91 Å². The maximum atomic E-state index is 12.9. The van der Waals surface area contributed by atoms with Gasteiger partial charge < -0.3 is 10.0 Å². The predicted molar refractivity (Wildman–Crippen MR) is 90.1 cm³/mol. The molecule has 1 amide bonds. The number of hydrogen-bond donors (Lipinski definition) is 1. The largest absolute Gasteiger partial charge is 0.506 e. The molecular weight excluding hydrogens is 310 g/mol. The van der Waals surface area contributed by atoms with Crippen molar-refractivity contribution < 1.29 is 9.90 Å². The second-order valence-electron chi connectivity index (χ2n) is 6.38. The van der Waals surface area contributed by atoms with Gasteiger partial charge in [0.15, 0.2) is 0 Å². The third-order valence-corrected chi connectivity index (χ3v) is 5.44. The molecular formula is C19H18ClNO2. The summed E-state index contributed by atoms with van der Waals surface area (Å²) in [7, 11) is 0. The molecule has 4 rings (SSSR count). The first-order chi connectivity index (χ1) is 11.1. The lowest BCUT2D eigenvalue weighted by Gasteiger charge is -2.38. The van der Waals surface area contributed by atoms with Gasteiger partial charge in [0.1, 0.15) is 5.75 Å². The number of likely N-dealkylation sites (tertiary alicyclic amines) is 1. The van der Waals surface area contributed by atoms with Crippen molar-refractivity contribution in [3.63, 3.8) is 0 Å². The van der Waals surface area contributed by atoms with E-state index in [1.54, 1.807) is 12.1 Å². The molecule has 1 heterocycles. The number of aromatic hydroxyl groups is 1. The van der Waals surface area contributed by atoms with E-state index in [0.29, 0.717) is 11.5 Å². The van der Waals surface area contributed by atoms with Gasteiger partial charge in [-0.3, -0.25) is 4.79 Å². The van der Waals surface area contributed by atoms with E-state index in [2.05, 4.69) is 24.3 Å². The molecule has 118 valence electrons. The van der Waals surface area contributed by atoms with Crippen LogP contribution < -0.4 is 0 Å². The van der Waals surface area contributed by atoms with Crippen molar-refractivity contribution in [1.29, 1.82) is 0 Å². The first-order valence-electron chi connectivity index (χ1n) is 8.02. The third-order valence-electron chi connectivity index (χ3n) is 5.12. The second kappa shape index (κ2) is 5.57. The van der Waals surface area contributed by atoms with E-state index in [1.807, 2.05) is 4.90 Å². The van der Waals surface area contributed by atoms with Crippen LogP contribution in [0.5, 0.6) is 5.75 Å². The Balaban J connectivity index is 1.65. The number of phenolic OH excluding ortho intramolecular Hbond substituents is 1. The van der Waals surface area contributed by atoms with Crippen LogP contribution in [0.3, 0.4) is 0 Å². The first-order valence-corrected chi connectivity index (χ1v) is 8.40. The van der Waals surface area contributed by atoms with Crippen molar-refractivity contribution in [2.24, 2.45) is 0 Å². The van der Waals surface area contributed by atoms with Gasteiger partial charge in [-0.05, 0) is 48.6 Å². The first kappa shape index (κ1) is 14.6. The highest BCUT2D eigenvalue weighted by Crippen LogP contribution is 2.42. The zero-order chi connectivity index (χ0) is 16.0. The van der Waals surface area contributed by atoms with Gasteiger partial charge in [-0.2, -0.15) is 0 Å². The number of halogens is 1. The number of carbonyl (C=O) groups excluding carboxylic acids is 1. The Bertz CT molecular complexity index is 774. The number of phenols is 1. The fraction of sp³-hybridized carbons (Fsp3) is 0.316. The maximum Gasteiger partial charge on any atom is 0.254 e. The monoisotopic (exact) mass is 327 g/mol. The van der Waals surface area contributed by atoms with Crippen molar-refractivity contribution in [2.75, 3.05) is 6.54 Å². The molecule has 0 bridgehead atoms. The number of rotatable bonds is 1. The lowest BCUT2D eigenvalue weighted by atomic mass is 9.88. The molecule has 1 aliphatic heterocycles. The zero-order valence-corrected chi connectivity index (χ0v) is 13.5. The summed E-state index contributed by atoms with van der Waals surface area (Å²) in [5.41, 5.74) is 3.26. The van der Waals surface area contributed by atoms with Crippen LogP contribution in [0.15, 0.2) is 42.5 Å². The summed E-state index contributed by atoms with van der Waals surface area (Å²) in [5.74, 6) is 0.380. The highest BCUT2D eigenvalue weighted by atomic mass is 35.5. The molecule has 4 heteroatoms. The molecule has 0 aromatic heterocycles. The van der Waals surface area contributed by atoms with E-state index in [-0.39, 0.29) is 22.7 Å². The van der Waals surface area contributed by atoms with Crippen LogP contribution in [0.4, 0.5) is 0 Å². The molecule has 2 aromatic rings. The average Bonchev–Trinajstić information content (AvgIpc) is 2.95. The van der Waals surface area contributed by atoms with E-state index in [1.165, 1.54) is 17.2 Å². The Labute approximate surface area is 140 Å². The minimum atomic E-state index is -0.0409. The van der Waals surface area contributed by atoms with Gasteiger partial charge in [0.05, 0.1) is 5.02 Å². The SMILES string of the molecule is O=C(c1ccc(Cl)c(O)c1)N1CCC[C@H]2c3ccccc3C[C@H]21. The van der Waals surface area contributed by atoms with Crippen molar-refractivity contribution >= 4 is 17.5 Å². The van der Waals surface area contributed by atoms with Gasteiger partial charge in [-0.1, -0.05) is 35.9 Å². The molecule has 1 fully saturated rings. The zero-order valence-electron chi connectivity index (χ0n) is 12.7. The molecule has 1 saturated heterocycles. The fourth-order valence-corrected chi connectivity index (χ4v) is 4.16. The van der Waals surface area contributed by atoms with Gasteiger partial charge in [0, 0.05) is 24.1 Å². The molecule has 1 aliphatic carbocycles. The van der Waals surface area contributed by atoms with Crippen LogP contribution in [-0.4, -0.2) is 28.5 Å². The molecule has 2 atom stereocenters. The number of hydrogen-bond acceptors (Lipinski definition) is 2. The number of benzene rings is 2. The highest BCUT2D eigenvalue weighted by Gasteiger charge is 2.40. The summed E-state index contributed by atoms with van der Waals surface area (Å²) in [6.07, 6.45) is 3.07. The minimum absolute atomic E-state index is 0.0144. The lowest BCUT2D eigenvalue weighted by molar-refractivity contribution is 0.0595. The molecule has 1 N–H and O–H groups in total. The third kappa shape index (κ3) is 2.40. The number of amides is 1. The van der Waals surface area contributed by atoms with Crippen molar-refractivity contribution in [2.45, 2.75) is 31.2 Å². The molecule has 23 heavy (non-hydrogen) atoms. The Morgan fingerprint density at radius 2 is 2.04 bits per heavy atom. The van der Waals surface area contributed by atoms with Crippen LogP contribution in [0.2, 0.25) is 5.02 Å². The van der Waals surface area contributed by atoms with E-state index in [9.17, 15) is 9.90 Å². The molecule has 3 nitrogen and oxygen atoms in total. The number of fused-ring (bicyclic) bond motifs is 3. The van der Waals surface area contributed by atoms with Crippen molar-refractivity contribution in [3.05, 3.63) is 64.2 Å². The van der Waals surface area contributed by atoms with Crippen molar-refractivity contribution in [3.8, 4) is 5.75 Å². The molecule has 0 saturated carbocycles. The quantitative estimate of drug-likeness (QED) is 0.860. The van der Waals surface area contributed by atoms with Gasteiger partial charge >= 0.3 is 0 Å². The van der Waals surface area contributed by atoms with Crippen molar-refractivity contribution in [1.82, 2.24) is 4.90 Å². The van der Waals surface area contributed by atoms with E-state index < -0.39 is 0 Å². The molecule has 0 radical (unpaired) electrons. The summed E-state index contributed by atoms with van der Waals surface area (Å²) in [5, 5.41) is 10.0. The Morgan fingerprint density at radius 1 is 1.22 bits per heavy atom. The summed E-state index contributed by atoms with van der Waals surface area (Å²) in [4.78, 5) is 14.9. The second-order valence-corrected chi connectivity index (χ2v) is 6.79. The highest BCUT2D eigenvalue weighted by molar-refractivity contribution is 6.32. The summed E-state index contributed by atoms with van der Waals surface area (Å²) < 4.78 is 0. The average molecular weight is 328 g/mol. The topological polar surface area (TPSA) is 40.5 Å². The molecule has 0 spiro atoms. The van der Waals surface area contributed by atoms with E-state index in [0.717, 1.165) is 25.8 Å². The Hall–Kier alpha value is -2.00. The number of carbonyl (C=O) groups is 1. The normalized spacial score (nSPS) is 22.6. The molecule has 2 aromatic carbocycles. The summed E-state index contributed by atoms with van der Waals surface area (Å²) in [6, 6.07) is 13.5. The summed E-state index contributed by atoms with van der Waals surface area (Å²) in [6.45, 7) is 0.775.